The number of hydrogen-bond acceptors (Lipinski definition) is 4. The number of amides is 1. The smallest absolute Gasteiger partial charge is 0.410 e. The number of carbonyl (C=O) groups is 1. The fraction of sp³-hybridized carbons (Fsp3) is 0.917. The van der Waals surface area contributed by atoms with Gasteiger partial charge in [-0.25, -0.2) is 4.79 Å². The van der Waals surface area contributed by atoms with Crippen molar-refractivity contribution in [3.05, 3.63) is 0 Å². The van der Waals surface area contributed by atoms with E-state index in [4.69, 9.17) is 10.5 Å². The summed E-state index contributed by atoms with van der Waals surface area (Å²) in [5.74, 6) is -0.0335. The van der Waals surface area contributed by atoms with Crippen LogP contribution in [0.5, 0.6) is 0 Å². The maximum atomic E-state index is 11.8. The molecule has 0 saturated carbocycles. The van der Waals surface area contributed by atoms with Crippen LogP contribution >= 0.6 is 0 Å². The largest absolute Gasteiger partial charge is 0.444 e. The molecule has 1 aliphatic heterocycles. The number of ether oxygens (including phenoxy) is 1. The monoisotopic (exact) mass is 244 g/mol. The highest BCUT2D eigenvalue weighted by Gasteiger charge is 2.39. The first kappa shape index (κ1) is 14.3. The van der Waals surface area contributed by atoms with Gasteiger partial charge in [-0.15, -0.1) is 0 Å². The topological polar surface area (TPSA) is 75.8 Å². The van der Waals surface area contributed by atoms with Crippen molar-refractivity contribution in [1.82, 2.24) is 4.90 Å². The Kier molecular flexibility index (Phi) is 4.04. The lowest BCUT2D eigenvalue weighted by Gasteiger charge is -2.42. The minimum atomic E-state index is -0.849. The predicted molar refractivity (Wildman–Crippen MR) is 65.6 cm³/mol. The van der Waals surface area contributed by atoms with E-state index in [0.29, 0.717) is 19.5 Å². The minimum Gasteiger partial charge on any atom is -0.444 e. The first-order valence-electron chi connectivity index (χ1n) is 6.08. The number of piperidine rings is 1. The molecule has 5 heteroatoms. The van der Waals surface area contributed by atoms with Crippen molar-refractivity contribution in [3.63, 3.8) is 0 Å². The van der Waals surface area contributed by atoms with Gasteiger partial charge in [0.25, 0.3) is 0 Å². The molecule has 3 N–H and O–H groups in total. The average Bonchev–Trinajstić information content (AvgIpc) is 2.19. The molecule has 1 rings (SSSR count). The van der Waals surface area contributed by atoms with Crippen LogP contribution in [0, 0.1) is 5.92 Å². The van der Waals surface area contributed by atoms with E-state index in [9.17, 15) is 9.90 Å². The lowest BCUT2D eigenvalue weighted by Crippen LogP contribution is -2.56. The Hall–Kier alpha value is -0.810. The van der Waals surface area contributed by atoms with Crippen LogP contribution in [-0.4, -0.2) is 46.9 Å². The van der Waals surface area contributed by atoms with E-state index in [1.807, 2.05) is 27.7 Å². The van der Waals surface area contributed by atoms with E-state index in [1.165, 1.54) is 0 Å². The van der Waals surface area contributed by atoms with Gasteiger partial charge in [0, 0.05) is 25.6 Å². The highest BCUT2D eigenvalue weighted by molar-refractivity contribution is 5.68. The van der Waals surface area contributed by atoms with Crippen molar-refractivity contribution < 1.29 is 14.6 Å². The number of carbonyl (C=O) groups excluding carboxylic acids is 1. The second kappa shape index (κ2) is 4.82. The summed E-state index contributed by atoms with van der Waals surface area (Å²) in [6.07, 6.45) is 0.188. The van der Waals surface area contributed by atoms with Gasteiger partial charge in [0.15, 0.2) is 0 Å². The third-order valence-electron chi connectivity index (χ3n) is 3.23. The van der Waals surface area contributed by atoms with Gasteiger partial charge in [-0.05, 0) is 27.2 Å². The van der Waals surface area contributed by atoms with Crippen LogP contribution in [-0.2, 0) is 4.74 Å². The van der Waals surface area contributed by atoms with Gasteiger partial charge in [-0.1, -0.05) is 6.92 Å². The lowest BCUT2D eigenvalue weighted by atomic mass is 9.82. The Morgan fingerprint density at radius 2 is 2.18 bits per heavy atom. The molecular weight excluding hydrogens is 220 g/mol. The van der Waals surface area contributed by atoms with E-state index >= 15 is 0 Å². The summed E-state index contributed by atoms with van der Waals surface area (Å²) in [6.45, 7) is 8.65. The summed E-state index contributed by atoms with van der Waals surface area (Å²) in [5, 5.41) is 10.2. The van der Waals surface area contributed by atoms with Crippen LogP contribution in [0.2, 0.25) is 0 Å². The van der Waals surface area contributed by atoms with E-state index < -0.39 is 11.2 Å². The van der Waals surface area contributed by atoms with Crippen molar-refractivity contribution in [2.75, 3.05) is 19.6 Å². The summed E-state index contributed by atoms with van der Waals surface area (Å²) in [7, 11) is 0. The second-order valence-corrected chi connectivity index (χ2v) is 5.89. The maximum absolute atomic E-state index is 11.8. The molecular formula is C12H24N2O3. The molecule has 1 amide bonds. The zero-order valence-electron chi connectivity index (χ0n) is 11.2. The van der Waals surface area contributed by atoms with Crippen molar-refractivity contribution in [3.8, 4) is 0 Å². The van der Waals surface area contributed by atoms with Gasteiger partial charge in [-0.3, -0.25) is 0 Å². The Morgan fingerprint density at radius 1 is 1.59 bits per heavy atom. The number of nitrogens with two attached hydrogens (primary N) is 1. The van der Waals surface area contributed by atoms with Crippen molar-refractivity contribution in [2.24, 2.45) is 11.7 Å². The average molecular weight is 244 g/mol. The van der Waals surface area contributed by atoms with E-state index in [1.54, 1.807) is 4.90 Å². The molecule has 17 heavy (non-hydrogen) atoms. The Labute approximate surface area is 103 Å². The molecule has 2 unspecified atom stereocenters. The molecule has 0 spiro atoms. The Morgan fingerprint density at radius 3 is 2.59 bits per heavy atom. The molecule has 0 bridgehead atoms. The second-order valence-electron chi connectivity index (χ2n) is 5.89. The molecule has 0 radical (unpaired) electrons. The minimum absolute atomic E-state index is 0.0335. The number of aliphatic hydroxyl groups is 1. The van der Waals surface area contributed by atoms with Crippen LogP contribution in [0.1, 0.15) is 34.1 Å². The first-order valence-corrected chi connectivity index (χ1v) is 6.08. The van der Waals surface area contributed by atoms with Crippen molar-refractivity contribution >= 4 is 6.09 Å². The van der Waals surface area contributed by atoms with Crippen LogP contribution in [0.3, 0.4) is 0 Å². The summed E-state index contributed by atoms with van der Waals surface area (Å²) >= 11 is 0. The first-order chi connectivity index (χ1) is 7.68. The Balaban J connectivity index is 2.58. The molecule has 0 aromatic rings. The molecule has 0 aromatic carbocycles. The van der Waals surface area contributed by atoms with Gasteiger partial charge >= 0.3 is 6.09 Å². The molecule has 1 aliphatic rings. The Bertz CT molecular complexity index is 288. The summed E-state index contributed by atoms with van der Waals surface area (Å²) in [6, 6.07) is 0. The molecule has 1 fully saturated rings. The van der Waals surface area contributed by atoms with Crippen molar-refractivity contribution in [2.45, 2.75) is 45.3 Å². The standard InChI is InChI=1S/C12H24N2O3/c1-9-7-14(6-5-12(9,16)8-13)10(15)17-11(2,3)4/h9,16H,5-8,13H2,1-4H3. The molecule has 5 nitrogen and oxygen atoms in total. The third kappa shape index (κ3) is 3.57. The van der Waals surface area contributed by atoms with Gasteiger partial charge < -0.3 is 20.5 Å². The molecule has 100 valence electrons. The summed E-state index contributed by atoms with van der Waals surface area (Å²) < 4.78 is 5.30. The van der Waals surface area contributed by atoms with Crippen LogP contribution in [0.25, 0.3) is 0 Å². The van der Waals surface area contributed by atoms with Crippen LogP contribution < -0.4 is 5.73 Å². The summed E-state index contributed by atoms with van der Waals surface area (Å²) in [4.78, 5) is 13.5. The molecule has 0 aromatic heterocycles. The molecule has 2 atom stereocenters. The zero-order valence-corrected chi connectivity index (χ0v) is 11.2. The maximum Gasteiger partial charge on any atom is 0.410 e. The van der Waals surface area contributed by atoms with E-state index in [-0.39, 0.29) is 18.6 Å². The normalized spacial score (nSPS) is 30.2. The van der Waals surface area contributed by atoms with Gasteiger partial charge in [0.1, 0.15) is 5.60 Å². The lowest BCUT2D eigenvalue weighted by molar-refractivity contribution is -0.0618. The number of hydrogen-bond donors (Lipinski definition) is 2. The van der Waals surface area contributed by atoms with Gasteiger partial charge in [0.05, 0.1) is 5.60 Å². The predicted octanol–water partition coefficient (Wildman–Crippen LogP) is 0.953. The molecule has 1 heterocycles. The number of likely N-dealkylation sites (tertiary alicyclic amines) is 1. The quantitative estimate of drug-likeness (QED) is 0.720. The van der Waals surface area contributed by atoms with E-state index in [2.05, 4.69) is 0 Å². The summed E-state index contributed by atoms with van der Waals surface area (Å²) in [5.41, 5.74) is 4.23. The van der Waals surface area contributed by atoms with Gasteiger partial charge in [-0.2, -0.15) is 0 Å². The highest BCUT2D eigenvalue weighted by Crippen LogP contribution is 2.27. The number of rotatable bonds is 1. The zero-order chi connectivity index (χ0) is 13.3. The number of nitrogens with zero attached hydrogens (tertiary/aromatic N) is 1. The van der Waals surface area contributed by atoms with Crippen LogP contribution in [0.4, 0.5) is 4.79 Å². The SMILES string of the molecule is CC1CN(C(=O)OC(C)(C)C)CCC1(O)CN. The van der Waals surface area contributed by atoms with Crippen molar-refractivity contribution in [1.29, 1.82) is 0 Å². The molecule has 1 saturated heterocycles. The highest BCUT2D eigenvalue weighted by atomic mass is 16.6. The van der Waals surface area contributed by atoms with E-state index in [0.717, 1.165) is 0 Å². The van der Waals surface area contributed by atoms with Gasteiger partial charge in [0.2, 0.25) is 0 Å². The fourth-order valence-electron chi connectivity index (χ4n) is 1.96. The third-order valence-corrected chi connectivity index (χ3v) is 3.23. The fourth-order valence-corrected chi connectivity index (χ4v) is 1.96. The van der Waals surface area contributed by atoms with Crippen LogP contribution in [0.15, 0.2) is 0 Å². The molecule has 0 aliphatic carbocycles.